The molecule has 1 aromatic rings. The van der Waals surface area contributed by atoms with Gasteiger partial charge in [0.05, 0.1) is 18.7 Å². The smallest absolute Gasteiger partial charge is 0.119 e. The third-order valence-corrected chi connectivity index (χ3v) is 3.89. The molecule has 0 aliphatic rings. The van der Waals surface area contributed by atoms with Crippen LogP contribution in [0.25, 0.3) is 0 Å². The van der Waals surface area contributed by atoms with E-state index in [1.807, 2.05) is 26.0 Å². The molecule has 0 saturated heterocycles. The van der Waals surface area contributed by atoms with Crippen LogP contribution in [0.2, 0.25) is 0 Å². The molecule has 1 N–H and O–H groups in total. The van der Waals surface area contributed by atoms with Crippen molar-refractivity contribution in [3.8, 4) is 11.8 Å². The number of benzene rings is 1. The predicted octanol–water partition coefficient (Wildman–Crippen LogP) is 4.03. The van der Waals surface area contributed by atoms with E-state index in [1.165, 1.54) is 5.56 Å². The quantitative estimate of drug-likeness (QED) is 0.785. The Kier molecular flexibility index (Phi) is 6.71. The van der Waals surface area contributed by atoms with Crippen LogP contribution >= 0.6 is 0 Å². The van der Waals surface area contributed by atoms with Crippen molar-refractivity contribution in [1.82, 2.24) is 5.32 Å². The minimum absolute atomic E-state index is 0.150. The monoisotopic (exact) mass is 288 g/mol. The Morgan fingerprint density at radius 3 is 2.33 bits per heavy atom. The minimum atomic E-state index is -0.150. The average Bonchev–Trinajstić information content (AvgIpc) is 2.46. The second-order valence-corrected chi connectivity index (χ2v) is 6.40. The summed E-state index contributed by atoms with van der Waals surface area (Å²) in [5, 5.41) is 12.3. The van der Waals surface area contributed by atoms with Gasteiger partial charge in [-0.2, -0.15) is 5.26 Å². The van der Waals surface area contributed by atoms with Crippen LogP contribution in [0.3, 0.4) is 0 Å². The standard InChI is InChI=1S/C18H28N2O/c1-6-18(4,5)15-7-9-17(10-8-15)21-12-11-16(13-19)20-14(2)3/h7-10,14,16,20H,6,11-12H2,1-5H3. The molecule has 116 valence electrons. The van der Waals surface area contributed by atoms with Gasteiger partial charge in [0.2, 0.25) is 0 Å². The normalized spacial score (nSPS) is 13.0. The van der Waals surface area contributed by atoms with Crippen LogP contribution in [0.5, 0.6) is 5.75 Å². The maximum absolute atomic E-state index is 9.06. The van der Waals surface area contributed by atoms with E-state index in [2.05, 4.69) is 44.3 Å². The fraction of sp³-hybridized carbons (Fsp3) is 0.611. The molecule has 0 amide bonds. The van der Waals surface area contributed by atoms with Crippen molar-refractivity contribution in [3.63, 3.8) is 0 Å². The summed E-state index contributed by atoms with van der Waals surface area (Å²) in [5.74, 6) is 0.867. The predicted molar refractivity (Wildman–Crippen MR) is 87.5 cm³/mol. The summed E-state index contributed by atoms with van der Waals surface area (Å²) in [6, 6.07) is 10.7. The molecule has 3 nitrogen and oxygen atoms in total. The summed E-state index contributed by atoms with van der Waals surface area (Å²) in [4.78, 5) is 0. The van der Waals surface area contributed by atoms with Crippen LogP contribution in [-0.4, -0.2) is 18.7 Å². The first-order valence-electron chi connectivity index (χ1n) is 7.78. The Morgan fingerprint density at radius 2 is 1.86 bits per heavy atom. The highest BCUT2D eigenvalue weighted by Crippen LogP contribution is 2.28. The number of ether oxygens (including phenoxy) is 1. The van der Waals surface area contributed by atoms with Crippen LogP contribution in [-0.2, 0) is 5.41 Å². The highest BCUT2D eigenvalue weighted by molar-refractivity contribution is 5.31. The summed E-state index contributed by atoms with van der Waals surface area (Å²) < 4.78 is 5.73. The van der Waals surface area contributed by atoms with E-state index in [-0.39, 0.29) is 11.5 Å². The summed E-state index contributed by atoms with van der Waals surface area (Å²) in [6.07, 6.45) is 1.80. The molecule has 1 unspecified atom stereocenters. The zero-order chi connectivity index (χ0) is 15.9. The Balaban J connectivity index is 2.48. The number of rotatable bonds is 8. The van der Waals surface area contributed by atoms with Gasteiger partial charge >= 0.3 is 0 Å². The molecule has 0 spiro atoms. The number of nitriles is 1. The molecule has 0 aliphatic carbocycles. The van der Waals surface area contributed by atoms with Gasteiger partial charge in [-0.3, -0.25) is 5.32 Å². The number of hydrogen-bond acceptors (Lipinski definition) is 3. The van der Waals surface area contributed by atoms with Crippen molar-refractivity contribution >= 4 is 0 Å². The molecular weight excluding hydrogens is 260 g/mol. The van der Waals surface area contributed by atoms with Gasteiger partial charge in [0.15, 0.2) is 0 Å². The number of nitrogens with zero attached hydrogens (tertiary/aromatic N) is 1. The highest BCUT2D eigenvalue weighted by atomic mass is 16.5. The second-order valence-electron chi connectivity index (χ2n) is 6.40. The summed E-state index contributed by atoms with van der Waals surface area (Å²) in [5.41, 5.74) is 1.53. The lowest BCUT2D eigenvalue weighted by Gasteiger charge is -2.23. The van der Waals surface area contributed by atoms with Crippen LogP contribution in [0.1, 0.15) is 53.0 Å². The highest BCUT2D eigenvalue weighted by Gasteiger charge is 2.17. The Hall–Kier alpha value is -1.53. The van der Waals surface area contributed by atoms with E-state index in [1.54, 1.807) is 0 Å². The molecule has 1 aromatic carbocycles. The van der Waals surface area contributed by atoms with E-state index in [9.17, 15) is 0 Å². The van der Waals surface area contributed by atoms with Gasteiger partial charge in [0.25, 0.3) is 0 Å². The van der Waals surface area contributed by atoms with Gasteiger partial charge in [-0.15, -0.1) is 0 Å². The Bertz CT molecular complexity index is 457. The fourth-order valence-corrected chi connectivity index (χ4v) is 2.09. The van der Waals surface area contributed by atoms with Crippen molar-refractivity contribution < 1.29 is 4.74 Å². The fourth-order valence-electron chi connectivity index (χ4n) is 2.09. The van der Waals surface area contributed by atoms with E-state index >= 15 is 0 Å². The second kappa shape index (κ2) is 8.05. The van der Waals surface area contributed by atoms with Gasteiger partial charge in [0.1, 0.15) is 5.75 Å². The number of nitrogens with one attached hydrogen (secondary N) is 1. The molecule has 0 aliphatic heterocycles. The molecule has 0 fully saturated rings. The molecule has 0 aromatic heterocycles. The van der Waals surface area contributed by atoms with Crippen molar-refractivity contribution in [2.45, 2.75) is 65.0 Å². The maximum atomic E-state index is 9.06. The minimum Gasteiger partial charge on any atom is -0.493 e. The molecule has 0 heterocycles. The molecule has 3 heteroatoms. The molecular formula is C18H28N2O. The van der Waals surface area contributed by atoms with Gasteiger partial charge in [-0.05, 0) is 43.4 Å². The summed E-state index contributed by atoms with van der Waals surface area (Å²) in [6.45, 7) is 11.3. The van der Waals surface area contributed by atoms with E-state index < -0.39 is 0 Å². The lowest BCUT2D eigenvalue weighted by molar-refractivity contribution is 0.294. The third-order valence-electron chi connectivity index (χ3n) is 3.89. The van der Waals surface area contributed by atoms with Crippen LogP contribution < -0.4 is 10.1 Å². The van der Waals surface area contributed by atoms with Gasteiger partial charge < -0.3 is 4.74 Å². The zero-order valence-corrected chi connectivity index (χ0v) is 13.9. The van der Waals surface area contributed by atoms with Crippen LogP contribution in [0, 0.1) is 11.3 Å². The van der Waals surface area contributed by atoms with Gasteiger partial charge in [-0.1, -0.05) is 32.9 Å². The Labute approximate surface area is 129 Å². The summed E-state index contributed by atoms with van der Waals surface area (Å²) >= 11 is 0. The van der Waals surface area contributed by atoms with E-state index in [0.29, 0.717) is 19.1 Å². The van der Waals surface area contributed by atoms with E-state index in [4.69, 9.17) is 10.00 Å². The number of hydrogen-bond donors (Lipinski definition) is 1. The molecule has 0 bridgehead atoms. The molecule has 1 rings (SSSR count). The lowest BCUT2D eigenvalue weighted by Crippen LogP contribution is -2.34. The average molecular weight is 288 g/mol. The van der Waals surface area contributed by atoms with Gasteiger partial charge in [-0.25, -0.2) is 0 Å². The zero-order valence-electron chi connectivity index (χ0n) is 13.9. The molecule has 0 radical (unpaired) electrons. The van der Waals surface area contributed by atoms with Crippen molar-refractivity contribution in [3.05, 3.63) is 29.8 Å². The maximum Gasteiger partial charge on any atom is 0.119 e. The molecule has 1 atom stereocenters. The lowest BCUT2D eigenvalue weighted by atomic mass is 9.82. The van der Waals surface area contributed by atoms with E-state index in [0.717, 1.165) is 12.2 Å². The van der Waals surface area contributed by atoms with Crippen LogP contribution in [0.4, 0.5) is 0 Å². The molecule has 0 saturated carbocycles. The first-order valence-corrected chi connectivity index (χ1v) is 7.78. The Morgan fingerprint density at radius 1 is 1.24 bits per heavy atom. The van der Waals surface area contributed by atoms with Crippen molar-refractivity contribution in [1.29, 1.82) is 5.26 Å². The topological polar surface area (TPSA) is 45.0 Å². The SMILES string of the molecule is CCC(C)(C)c1ccc(OCCC(C#N)NC(C)C)cc1. The van der Waals surface area contributed by atoms with Crippen molar-refractivity contribution in [2.75, 3.05) is 6.61 Å². The molecule has 21 heavy (non-hydrogen) atoms. The third kappa shape index (κ3) is 5.77. The summed E-state index contributed by atoms with van der Waals surface area (Å²) in [7, 11) is 0. The van der Waals surface area contributed by atoms with Crippen molar-refractivity contribution in [2.24, 2.45) is 0 Å². The van der Waals surface area contributed by atoms with Crippen LogP contribution in [0.15, 0.2) is 24.3 Å². The van der Waals surface area contributed by atoms with Gasteiger partial charge in [0, 0.05) is 12.5 Å². The first kappa shape index (κ1) is 17.5. The largest absolute Gasteiger partial charge is 0.493 e. The first-order chi connectivity index (χ1) is 9.89.